The number of rotatable bonds is 6. The molecule has 1 heterocycles. The van der Waals surface area contributed by atoms with Crippen LogP contribution in [0, 0.1) is 17.8 Å². The van der Waals surface area contributed by atoms with Crippen LogP contribution >= 0.6 is 0 Å². The summed E-state index contributed by atoms with van der Waals surface area (Å²) in [5.74, 6) is 1.60. The number of carbonyl (C=O) groups excluding carboxylic acids is 2. The molecule has 2 aliphatic rings. The second-order valence-electron chi connectivity index (χ2n) is 7.91. The molecular formula is C22H28O6. The van der Waals surface area contributed by atoms with Gasteiger partial charge in [0.1, 0.15) is 6.10 Å². The van der Waals surface area contributed by atoms with Crippen molar-refractivity contribution in [1.82, 2.24) is 0 Å². The highest BCUT2D eigenvalue weighted by molar-refractivity contribution is 5.88. The van der Waals surface area contributed by atoms with E-state index in [4.69, 9.17) is 18.9 Å². The van der Waals surface area contributed by atoms with Gasteiger partial charge in [0.05, 0.1) is 0 Å². The number of esters is 2. The van der Waals surface area contributed by atoms with Crippen LogP contribution in [-0.2, 0) is 19.1 Å². The molecule has 6 nitrogen and oxygen atoms in total. The maximum Gasteiger partial charge on any atom is 0.344 e. The van der Waals surface area contributed by atoms with Gasteiger partial charge in [-0.2, -0.15) is 0 Å². The summed E-state index contributed by atoms with van der Waals surface area (Å²) in [6.45, 7) is 6.31. The number of benzene rings is 1. The van der Waals surface area contributed by atoms with Crippen LogP contribution in [0.15, 0.2) is 24.3 Å². The zero-order chi connectivity index (χ0) is 20.1. The minimum absolute atomic E-state index is 0.0980. The summed E-state index contributed by atoms with van der Waals surface area (Å²) in [5, 5.41) is 0. The highest BCUT2D eigenvalue weighted by Crippen LogP contribution is 2.35. The molecule has 0 unspecified atom stereocenters. The molecule has 3 atom stereocenters. The van der Waals surface area contributed by atoms with Gasteiger partial charge in [-0.15, -0.1) is 0 Å². The molecule has 0 bridgehead atoms. The minimum atomic E-state index is -0.591. The fourth-order valence-electron chi connectivity index (χ4n) is 3.81. The van der Waals surface area contributed by atoms with Crippen LogP contribution < -0.4 is 9.47 Å². The number of ether oxygens (including phenoxy) is 4. The van der Waals surface area contributed by atoms with Crippen LogP contribution in [0.1, 0.15) is 45.6 Å². The Morgan fingerprint density at radius 2 is 2.00 bits per heavy atom. The van der Waals surface area contributed by atoms with E-state index < -0.39 is 11.9 Å². The van der Waals surface area contributed by atoms with Crippen LogP contribution in [0.3, 0.4) is 0 Å². The summed E-state index contributed by atoms with van der Waals surface area (Å²) < 4.78 is 21.2. The summed E-state index contributed by atoms with van der Waals surface area (Å²) in [7, 11) is 0. The van der Waals surface area contributed by atoms with Gasteiger partial charge in [-0.05, 0) is 54.4 Å². The van der Waals surface area contributed by atoms with Crippen molar-refractivity contribution < 1.29 is 28.5 Å². The second kappa shape index (κ2) is 9.13. The van der Waals surface area contributed by atoms with Crippen molar-refractivity contribution in [2.24, 2.45) is 17.8 Å². The Morgan fingerprint density at radius 1 is 1.21 bits per heavy atom. The van der Waals surface area contributed by atoms with Crippen molar-refractivity contribution >= 4 is 18.0 Å². The van der Waals surface area contributed by atoms with Gasteiger partial charge in [0.25, 0.3) is 0 Å². The van der Waals surface area contributed by atoms with Crippen molar-refractivity contribution in [2.45, 2.75) is 46.1 Å². The lowest BCUT2D eigenvalue weighted by Gasteiger charge is -2.36. The Kier molecular flexibility index (Phi) is 6.60. The van der Waals surface area contributed by atoms with Crippen molar-refractivity contribution in [1.29, 1.82) is 0 Å². The first kappa shape index (κ1) is 20.2. The number of fused-ring (bicyclic) bond motifs is 1. The van der Waals surface area contributed by atoms with Crippen molar-refractivity contribution in [3.05, 3.63) is 29.8 Å². The standard InChI is InChI=1S/C22H28O6/c1-14(2)17-7-4-15(3)10-19(17)28-22(24)12-25-21(23)9-6-16-5-8-18-20(11-16)27-13-26-18/h5-6,8-9,11,14-15,17,19H,4,7,10,12-13H2,1-3H3/b9-6+/t15-,17-,19-/m1/s1. The van der Waals surface area contributed by atoms with Gasteiger partial charge < -0.3 is 18.9 Å². The van der Waals surface area contributed by atoms with Crippen molar-refractivity contribution in [3.8, 4) is 11.5 Å². The van der Waals surface area contributed by atoms with E-state index in [-0.39, 0.29) is 19.5 Å². The Bertz CT molecular complexity index is 739. The normalized spacial score (nSPS) is 23.8. The average molecular weight is 388 g/mol. The monoisotopic (exact) mass is 388 g/mol. The second-order valence-corrected chi connectivity index (χ2v) is 7.91. The first-order valence-corrected chi connectivity index (χ1v) is 9.86. The van der Waals surface area contributed by atoms with E-state index in [0.29, 0.717) is 29.3 Å². The fourth-order valence-corrected chi connectivity index (χ4v) is 3.81. The molecule has 3 rings (SSSR count). The van der Waals surface area contributed by atoms with Crippen molar-refractivity contribution in [3.63, 3.8) is 0 Å². The lowest BCUT2D eigenvalue weighted by atomic mass is 9.75. The maximum absolute atomic E-state index is 12.1. The van der Waals surface area contributed by atoms with Gasteiger partial charge in [0.2, 0.25) is 6.79 Å². The number of hydrogen-bond acceptors (Lipinski definition) is 6. The topological polar surface area (TPSA) is 71.1 Å². The Balaban J connectivity index is 1.46. The molecule has 0 N–H and O–H groups in total. The quantitative estimate of drug-likeness (QED) is 0.542. The Hall–Kier alpha value is -2.50. The summed E-state index contributed by atoms with van der Waals surface area (Å²) >= 11 is 0. The molecule has 1 saturated carbocycles. The average Bonchev–Trinajstić information content (AvgIpc) is 3.12. The number of hydrogen-bond donors (Lipinski definition) is 0. The molecule has 0 radical (unpaired) electrons. The van der Waals surface area contributed by atoms with E-state index in [1.165, 1.54) is 6.08 Å². The molecule has 0 spiro atoms. The lowest BCUT2D eigenvalue weighted by Crippen LogP contribution is -2.36. The molecular weight excluding hydrogens is 360 g/mol. The lowest BCUT2D eigenvalue weighted by molar-refractivity contribution is -0.165. The largest absolute Gasteiger partial charge is 0.460 e. The van der Waals surface area contributed by atoms with Gasteiger partial charge in [0, 0.05) is 6.08 Å². The third-order valence-corrected chi connectivity index (χ3v) is 5.38. The molecule has 152 valence electrons. The van der Waals surface area contributed by atoms with Crippen LogP contribution in [0.5, 0.6) is 11.5 Å². The van der Waals surface area contributed by atoms with E-state index in [2.05, 4.69) is 20.8 Å². The highest BCUT2D eigenvalue weighted by atomic mass is 16.7. The Morgan fingerprint density at radius 3 is 2.79 bits per heavy atom. The van der Waals surface area contributed by atoms with Crippen LogP contribution in [0.2, 0.25) is 0 Å². The molecule has 0 amide bonds. The summed E-state index contributed by atoms with van der Waals surface area (Å²) in [6.07, 6.45) is 5.88. The van der Waals surface area contributed by atoms with Gasteiger partial charge in [-0.1, -0.05) is 33.3 Å². The summed E-state index contributed by atoms with van der Waals surface area (Å²) in [4.78, 5) is 24.0. The molecule has 28 heavy (non-hydrogen) atoms. The highest BCUT2D eigenvalue weighted by Gasteiger charge is 2.33. The first-order valence-electron chi connectivity index (χ1n) is 9.86. The van der Waals surface area contributed by atoms with E-state index in [1.54, 1.807) is 18.2 Å². The third kappa shape index (κ3) is 5.27. The number of carbonyl (C=O) groups is 2. The van der Waals surface area contributed by atoms with E-state index in [0.717, 1.165) is 24.8 Å². The Labute approximate surface area is 165 Å². The molecule has 1 fully saturated rings. The van der Waals surface area contributed by atoms with Crippen LogP contribution in [-0.4, -0.2) is 31.4 Å². The van der Waals surface area contributed by atoms with Gasteiger partial charge in [-0.25, -0.2) is 9.59 Å². The van der Waals surface area contributed by atoms with E-state index >= 15 is 0 Å². The zero-order valence-corrected chi connectivity index (χ0v) is 16.7. The first-order chi connectivity index (χ1) is 13.4. The predicted molar refractivity (Wildman–Crippen MR) is 104 cm³/mol. The predicted octanol–water partition coefficient (Wildman–Crippen LogP) is 3.98. The smallest absolute Gasteiger partial charge is 0.344 e. The van der Waals surface area contributed by atoms with E-state index in [9.17, 15) is 9.59 Å². The zero-order valence-electron chi connectivity index (χ0n) is 16.7. The SMILES string of the molecule is CC(C)[C@H]1CC[C@@H](C)C[C@H]1OC(=O)COC(=O)/C=C/c1ccc2c(c1)OCO2. The molecule has 1 aliphatic heterocycles. The fraction of sp³-hybridized carbons (Fsp3) is 0.545. The summed E-state index contributed by atoms with van der Waals surface area (Å²) in [5.41, 5.74) is 0.778. The van der Waals surface area contributed by atoms with Crippen LogP contribution in [0.4, 0.5) is 0 Å². The molecule has 0 saturated heterocycles. The van der Waals surface area contributed by atoms with Gasteiger partial charge in [-0.3, -0.25) is 0 Å². The van der Waals surface area contributed by atoms with Crippen molar-refractivity contribution in [2.75, 3.05) is 13.4 Å². The molecule has 1 aromatic carbocycles. The third-order valence-electron chi connectivity index (χ3n) is 5.38. The van der Waals surface area contributed by atoms with Crippen LogP contribution in [0.25, 0.3) is 6.08 Å². The maximum atomic E-state index is 12.1. The molecule has 6 heteroatoms. The van der Waals surface area contributed by atoms with E-state index in [1.807, 2.05) is 6.07 Å². The summed E-state index contributed by atoms with van der Waals surface area (Å²) in [6, 6.07) is 5.36. The van der Waals surface area contributed by atoms with Gasteiger partial charge >= 0.3 is 11.9 Å². The minimum Gasteiger partial charge on any atom is -0.460 e. The molecule has 1 aromatic rings. The molecule has 0 aromatic heterocycles. The molecule has 1 aliphatic carbocycles. The van der Waals surface area contributed by atoms with Gasteiger partial charge in [0.15, 0.2) is 18.1 Å².